The second-order valence-electron chi connectivity index (χ2n) is 6.59. The van der Waals surface area contributed by atoms with Crippen LogP contribution in [-0.2, 0) is 14.8 Å². The second-order valence-corrected chi connectivity index (χ2v) is 8.53. The van der Waals surface area contributed by atoms with Gasteiger partial charge in [0, 0.05) is 36.9 Å². The smallest absolute Gasteiger partial charge is 0.244 e. The van der Waals surface area contributed by atoms with Crippen molar-refractivity contribution >= 4 is 15.9 Å². The third-order valence-electron chi connectivity index (χ3n) is 4.44. The van der Waals surface area contributed by atoms with Crippen LogP contribution in [0.15, 0.2) is 29.4 Å². The van der Waals surface area contributed by atoms with Crippen molar-refractivity contribution in [1.82, 2.24) is 14.6 Å². The molecule has 1 N–H and O–H groups in total. The Kier molecular flexibility index (Phi) is 5.41. The molecule has 2 heterocycles. The highest BCUT2D eigenvalue weighted by atomic mass is 32.2. The van der Waals surface area contributed by atoms with Crippen molar-refractivity contribution in [3.05, 3.63) is 24.5 Å². The number of rotatable bonds is 5. The zero-order valence-corrected chi connectivity index (χ0v) is 14.8. The lowest BCUT2D eigenvalue weighted by Gasteiger charge is -2.33. The molecule has 7 heteroatoms. The SMILES string of the molecule is CCC(C)(C)NC(=O)C1CCN(S(=O)(=O)c2cccnc2)CC1. The molecule has 1 fully saturated rings. The molecule has 1 aromatic rings. The van der Waals surface area contributed by atoms with Gasteiger partial charge in [-0.3, -0.25) is 9.78 Å². The minimum absolute atomic E-state index is 0.0234. The minimum Gasteiger partial charge on any atom is -0.351 e. The third-order valence-corrected chi connectivity index (χ3v) is 6.32. The molecular formula is C16H25N3O3S. The van der Waals surface area contributed by atoms with Gasteiger partial charge in [-0.25, -0.2) is 8.42 Å². The number of nitrogens with one attached hydrogen (secondary N) is 1. The van der Waals surface area contributed by atoms with E-state index in [0.29, 0.717) is 25.9 Å². The van der Waals surface area contributed by atoms with E-state index in [1.807, 2.05) is 20.8 Å². The summed E-state index contributed by atoms with van der Waals surface area (Å²) >= 11 is 0. The molecule has 0 aromatic carbocycles. The van der Waals surface area contributed by atoms with Crippen LogP contribution in [0.3, 0.4) is 0 Å². The number of amides is 1. The molecule has 0 aliphatic carbocycles. The molecule has 0 spiro atoms. The van der Waals surface area contributed by atoms with E-state index in [1.165, 1.54) is 10.5 Å². The van der Waals surface area contributed by atoms with E-state index in [9.17, 15) is 13.2 Å². The van der Waals surface area contributed by atoms with Crippen LogP contribution in [-0.4, -0.2) is 42.2 Å². The van der Waals surface area contributed by atoms with Gasteiger partial charge in [0.2, 0.25) is 15.9 Å². The summed E-state index contributed by atoms with van der Waals surface area (Å²) in [7, 11) is -3.51. The van der Waals surface area contributed by atoms with Gasteiger partial charge in [0.25, 0.3) is 0 Å². The fourth-order valence-electron chi connectivity index (χ4n) is 2.53. The molecule has 0 atom stereocenters. The number of aromatic nitrogens is 1. The summed E-state index contributed by atoms with van der Waals surface area (Å²) < 4.78 is 26.5. The highest BCUT2D eigenvalue weighted by Gasteiger charge is 2.33. The minimum atomic E-state index is -3.51. The summed E-state index contributed by atoms with van der Waals surface area (Å²) in [4.78, 5) is 16.4. The van der Waals surface area contributed by atoms with Crippen LogP contribution in [0.5, 0.6) is 0 Å². The van der Waals surface area contributed by atoms with E-state index < -0.39 is 10.0 Å². The van der Waals surface area contributed by atoms with Gasteiger partial charge in [-0.1, -0.05) is 6.92 Å². The lowest BCUT2D eigenvalue weighted by atomic mass is 9.94. The number of sulfonamides is 1. The summed E-state index contributed by atoms with van der Waals surface area (Å²) in [5, 5.41) is 3.04. The van der Waals surface area contributed by atoms with E-state index in [4.69, 9.17) is 0 Å². The first-order valence-electron chi connectivity index (χ1n) is 7.98. The van der Waals surface area contributed by atoms with Crippen molar-refractivity contribution in [2.45, 2.75) is 50.5 Å². The molecule has 0 saturated carbocycles. The third kappa shape index (κ3) is 4.29. The normalized spacial score (nSPS) is 17.9. The lowest BCUT2D eigenvalue weighted by Crippen LogP contribution is -2.48. The van der Waals surface area contributed by atoms with Crippen molar-refractivity contribution in [2.75, 3.05) is 13.1 Å². The predicted octanol–water partition coefficient (Wildman–Crippen LogP) is 1.79. The van der Waals surface area contributed by atoms with Crippen molar-refractivity contribution in [1.29, 1.82) is 0 Å². The van der Waals surface area contributed by atoms with E-state index >= 15 is 0 Å². The number of pyridine rings is 1. The van der Waals surface area contributed by atoms with Crippen molar-refractivity contribution < 1.29 is 13.2 Å². The number of carbonyl (C=O) groups excluding carboxylic acids is 1. The first kappa shape index (κ1) is 17.9. The molecule has 0 radical (unpaired) electrons. The fraction of sp³-hybridized carbons (Fsp3) is 0.625. The van der Waals surface area contributed by atoms with Gasteiger partial charge >= 0.3 is 0 Å². The van der Waals surface area contributed by atoms with Crippen LogP contribution >= 0.6 is 0 Å². The lowest BCUT2D eigenvalue weighted by molar-refractivity contribution is -0.127. The highest BCUT2D eigenvalue weighted by Crippen LogP contribution is 2.24. The van der Waals surface area contributed by atoms with Crippen LogP contribution in [0.2, 0.25) is 0 Å². The summed E-state index contributed by atoms with van der Waals surface area (Å²) in [5.74, 6) is -0.101. The number of nitrogens with zero attached hydrogens (tertiary/aromatic N) is 2. The van der Waals surface area contributed by atoms with Crippen LogP contribution in [0.1, 0.15) is 40.0 Å². The molecule has 1 aromatic heterocycles. The first-order chi connectivity index (χ1) is 10.8. The van der Waals surface area contributed by atoms with Crippen molar-refractivity contribution in [3.63, 3.8) is 0 Å². The van der Waals surface area contributed by atoms with Crippen LogP contribution in [0, 0.1) is 5.92 Å². The molecule has 1 amide bonds. The average molecular weight is 339 g/mol. The largest absolute Gasteiger partial charge is 0.351 e. The Morgan fingerprint density at radius 3 is 2.57 bits per heavy atom. The Labute approximate surface area is 138 Å². The second kappa shape index (κ2) is 6.97. The highest BCUT2D eigenvalue weighted by molar-refractivity contribution is 7.89. The van der Waals surface area contributed by atoms with E-state index in [1.54, 1.807) is 18.3 Å². The zero-order chi connectivity index (χ0) is 17.1. The van der Waals surface area contributed by atoms with Gasteiger partial charge in [0.15, 0.2) is 0 Å². The molecule has 1 aliphatic heterocycles. The van der Waals surface area contributed by atoms with Gasteiger partial charge in [0.1, 0.15) is 4.90 Å². The summed E-state index contributed by atoms with van der Waals surface area (Å²) in [6.07, 6.45) is 4.85. The summed E-state index contributed by atoms with van der Waals surface area (Å²) in [6.45, 7) is 6.74. The maximum absolute atomic E-state index is 12.5. The van der Waals surface area contributed by atoms with Crippen LogP contribution in [0.4, 0.5) is 0 Å². The Morgan fingerprint density at radius 1 is 1.39 bits per heavy atom. The topological polar surface area (TPSA) is 79.4 Å². The number of hydrogen-bond donors (Lipinski definition) is 1. The maximum atomic E-state index is 12.5. The maximum Gasteiger partial charge on any atom is 0.244 e. The van der Waals surface area contributed by atoms with Gasteiger partial charge < -0.3 is 5.32 Å². The monoisotopic (exact) mass is 339 g/mol. The van der Waals surface area contributed by atoms with Gasteiger partial charge in [-0.2, -0.15) is 4.31 Å². The zero-order valence-electron chi connectivity index (χ0n) is 13.9. The average Bonchev–Trinajstić information content (AvgIpc) is 2.55. The molecule has 1 aliphatic rings. The molecule has 2 rings (SSSR count). The number of carbonyl (C=O) groups is 1. The Morgan fingerprint density at radius 2 is 2.04 bits per heavy atom. The first-order valence-corrected chi connectivity index (χ1v) is 9.42. The predicted molar refractivity (Wildman–Crippen MR) is 88.2 cm³/mol. The van der Waals surface area contributed by atoms with Crippen LogP contribution < -0.4 is 5.32 Å². The Balaban J connectivity index is 1.98. The van der Waals surface area contributed by atoms with Gasteiger partial charge in [0.05, 0.1) is 0 Å². The molecule has 1 saturated heterocycles. The Hall–Kier alpha value is -1.47. The molecule has 0 unspecified atom stereocenters. The van der Waals surface area contributed by atoms with E-state index in [0.717, 1.165) is 6.42 Å². The molecule has 23 heavy (non-hydrogen) atoms. The van der Waals surface area contributed by atoms with Gasteiger partial charge in [-0.05, 0) is 45.2 Å². The van der Waals surface area contributed by atoms with E-state index in [2.05, 4.69) is 10.3 Å². The van der Waals surface area contributed by atoms with Crippen LogP contribution in [0.25, 0.3) is 0 Å². The van der Waals surface area contributed by atoms with E-state index in [-0.39, 0.29) is 22.3 Å². The molecular weight excluding hydrogens is 314 g/mol. The molecule has 6 nitrogen and oxygen atoms in total. The standard InChI is InChI=1S/C16H25N3O3S/c1-4-16(2,3)18-15(20)13-7-10-19(11-8-13)23(21,22)14-6-5-9-17-12-14/h5-6,9,12-13H,4,7-8,10-11H2,1-3H3,(H,18,20). The summed E-state index contributed by atoms with van der Waals surface area (Å²) in [5.41, 5.74) is -0.226. The fourth-order valence-corrected chi connectivity index (χ4v) is 3.97. The molecule has 128 valence electrons. The molecule has 0 bridgehead atoms. The van der Waals surface area contributed by atoms with Gasteiger partial charge in [-0.15, -0.1) is 0 Å². The quantitative estimate of drug-likeness (QED) is 0.887. The van der Waals surface area contributed by atoms with Crippen molar-refractivity contribution in [2.24, 2.45) is 5.92 Å². The number of hydrogen-bond acceptors (Lipinski definition) is 4. The number of piperidine rings is 1. The Bertz CT molecular complexity index is 636. The van der Waals surface area contributed by atoms with Crippen molar-refractivity contribution in [3.8, 4) is 0 Å². The summed E-state index contributed by atoms with van der Waals surface area (Å²) in [6, 6.07) is 3.16.